The molecule has 1 aromatic carbocycles. The van der Waals surface area contributed by atoms with Gasteiger partial charge in [0.1, 0.15) is 0 Å². The molecule has 20 heavy (non-hydrogen) atoms. The molecule has 0 bridgehead atoms. The number of hydrogen-bond acceptors (Lipinski definition) is 3. The van der Waals surface area contributed by atoms with E-state index in [0.29, 0.717) is 18.6 Å². The third-order valence-corrected chi connectivity index (χ3v) is 4.80. The zero-order chi connectivity index (χ0) is 14.5. The van der Waals surface area contributed by atoms with Crippen LogP contribution in [-0.4, -0.2) is 28.8 Å². The lowest BCUT2D eigenvalue weighted by Crippen LogP contribution is -2.34. The van der Waals surface area contributed by atoms with E-state index in [1.54, 1.807) is 0 Å². The maximum atomic E-state index is 11.8. The highest BCUT2D eigenvalue weighted by Crippen LogP contribution is 2.26. The summed E-state index contributed by atoms with van der Waals surface area (Å²) in [4.78, 5) is 23.7. The first-order chi connectivity index (χ1) is 9.54. The molecule has 2 N–H and O–H groups in total. The molecule has 0 radical (unpaired) electrons. The number of aliphatic carboxylic acids is 1. The number of nitrogens with one attached hydrogen (secondary N) is 1. The second-order valence-corrected chi connectivity index (χ2v) is 6.82. The van der Waals surface area contributed by atoms with Crippen LogP contribution in [0.4, 0.5) is 0 Å². The molecule has 2 rings (SSSR count). The van der Waals surface area contributed by atoms with Crippen molar-refractivity contribution in [3.05, 3.63) is 28.7 Å². The molecule has 6 heteroatoms. The van der Waals surface area contributed by atoms with Crippen LogP contribution >= 0.6 is 27.7 Å². The van der Waals surface area contributed by atoms with Crippen molar-refractivity contribution < 1.29 is 14.7 Å². The predicted molar refractivity (Wildman–Crippen MR) is 81.8 cm³/mol. The molecule has 0 saturated heterocycles. The number of halogens is 1. The lowest BCUT2D eigenvalue weighted by atomic mass is 10.1. The van der Waals surface area contributed by atoms with Gasteiger partial charge >= 0.3 is 5.97 Å². The quantitative estimate of drug-likeness (QED) is 0.795. The zero-order valence-corrected chi connectivity index (χ0v) is 13.2. The van der Waals surface area contributed by atoms with Crippen molar-refractivity contribution in [1.29, 1.82) is 0 Å². The number of hydrogen-bond donors (Lipinski definition) is 2. The SMILES string of the molecule is O=C(CSc1cccc(Br)c1)N[C@H]1CC[C@@H](C(=O)O)C1. The summed E-state index contributed by atoms with van der Waals surface area (Å²) in [6, 6.07) is 7.80. The molecule has 0 aliphatic heterocycles. The summed E-state index contributed by atoms with van der Waals surface area (Å²) in [7, 11) is 0. The van der Waals surface area contributed by atoms with Crippen molar-refractivity contribution in [1.82, 2.24) is 5.32 Å². The van der Waals surface area contributed by atoms with Crippen molar-refractivity contribution in [3.63, 3.8) is 0 Å². The van der Waals surface area contributed by atoms with Crippen LogP contribution in [0.25, 0.3) is 0 Å². The van der Waals surface area contributed by atoms with E-state index in [9.17, 15) is 9.59 Å². The maximum absolute atomic E-state index is 11.8. The van der Waals surface area contributed by atoms with Crippen molar-refractivity contribution in [2.75, 3.05) is 5.75 Å². The summed E-state index contributed by atoms with van der Waals surface area (Å²) in [5, 5.41) is 11.8. The molecule has 0 heterocycles. The lowest BCUT2D eigenvalue weighted by Gasteiger charge is -2.12. The highest BCUT2D eigenvalue weighted by atomic mass is 79.9. The van der Waals surface area contributed by atoms with Crippen molar-refractivity contribution in [3.8, 4) is 0 Å². The molecule has 2 atom stereocenters. The first-order valence-corrected chi connectivity index (χ1v) is 8.23. The van der Waals surface area contributed by atoms with Crippen molar-refractivity contribution in [2.24, 2.45) is 5.92 Å². The average molecular weight is 358 g/mol. The third kappa shape index (κ3) is 4.52. The Morgan fingerprint density at radius 2 is 2.20 bits per heavy atom. The number of carboxylic acid groups (broad SMARTS) is 1. The molecule has 1 amide bonds. The number of amides is 1. The second kappa shape index (κ2) is 7.13. The molecular formula is C14H16BrNO3S. The smallest absolute Gasteiger partial charge is 0.306 e. The van der Waals surface area contributed by atoms with Crippen LogP contribution in [0.2, 0.25) is 0 Å². The van der Waals surface area contributed by atoms with E-state index in [1.807, 2.05) is 24.3 Å². The third-order valence-electron chi connectivity index (χ3n) is 3.31. The summed E-state index contributed by atoms with van der Waals surface area (Å²) >= 11 is 4.87. The summed E-state index contributed by atoms with van der Waals surface area (Å²) < 4.78 is 0.989. The van der Waals surface area contributed by atoms with Gasteiger partial charge < -0.3 is 10.4 Å². The Morgan fingerprint density at radius 1 is 1.40 bits per heavy atom. The molecule has 0 aromatic heterocycles. The number of carbonyl (C=O) groups excluding carboxylic acids is 1. The Morgan fingerprint density at radius 3 is 2.85 bits per heavy atom. The van der Waals surface area contributed by atoms with Gasteiger partial charge in [-0.2, -0.15) is 0 Å². The molecule has 1 aromatic rings. The highest BCUT2D eigenvalue weighted by Gasteiger charge is 2.30. The Bertz CT molecular complexity index is 509. The molecule has 0 spiro atoms. The Balaban J connectivity index is 1.75. The molecule has 1 saturated carbocycles. The van der Waals surface area contributed by atoms with Crippen molar-refractivity contribution in [2.45, 2.75) is 30.2 Å². The summed E-state index contributed by atoms with van der Waals surface area (Å²) in [6.07, 6.45) is 1.95. The average Bonchev–Trinajstić information content (AvgIpc) is 2.85. The minimum atomic E-state index is -0.759. The molecule has 1 fully saturated rings. The van der Waals surface area contributed by atoms with Gasteiger partial charge in [0.2, 0.25) is 5.91 Å². The van der Waals surface area contributed by atoms with Crippen LogP contribution in [0.15, 0.2) is 33.6 Å². The number of rotatable bonds is 5. The van der Waals surface area contributed by atoms with Gasteiger partial charge in [-0.25, -0.2) is 0 Å². The minimum Gasteiger partial charge on any atom is -0.481 e. The largest absolute Gasteiger partial charge is 0.481 e. The molecule has 0 unspecified atom stereocenters. The van der Waals surface area contributed by atoms with Crippen LogP contribution in [0, 0.1) is 5.92 Å². The van der Waals surface area contributed by atoms with Crippen LogP contribution < -0.4 is 5.32 Å². The van der Waals surface area contributed by atoms with Gasteiger partial charge in [0.25, 0.3) is 0 Å². The van der Waals surface area contributed by atoms with Crippen LogP contribution in [0.1, 0.15) is 19.3 Å². The van der Waals surface area contributed by atoms with E-state index >= 15 is 0 Å². The van der Waals surface area contributed by atoms with Crippen LogP contribution in [0.3, 0.4) is 0 Å². The highest BCUT2D eigenvalue weighted by molar-refractivity contribution is 9.10. The summed E-state index contributed by atoms with van der Waals surface area (Å²) in [5.41, 5.74) is 0. The van der Waals surface area contributed by atoms with Gasteiger partial charge in [-0.1, -0.05) is 22.0 Å². The van der Waals surface area contributed by atoms with E-state index < -0.39 is 5.97 Å². The number of carboxylic acids is 1. The van der Waals surface area contributed by atoms with Crippen LogP contribution in [-0.2, 0) is 9.59 Å². The van der Waals surface area contributed by atoms with E-state index in [0.717, 1.165) is 15.8 Å². The number of thioether (sulfide) groups is 1. The second-order valence-electron chi connectivity index (χ2n) is 4.86. The fraction of sp³-hybridized carbons (Fsp3) is 0.429. The van der Waals surface area contributed by atoms with E-state index in [-0.39, 0.29) is 17.9 Å². The molecular weight excluding hydrogens is 342 g/mol. The normalized spacial score (nSPS) is 21.6. The van der Waals surface area contributed by atoms with E-state index in [2.05, 4.69) is 21.2 Å². The van der Waals surface area contributed by atoms with E-state index in [4.69, 9.17) is 5.11 Å². The molecule has 4 nitrogen and oxygen atoms in total. The van der Waals surface area contributed by atoms with Gasteiger partial charge in [0.15, 0.2) is 0 Å². The van der Waals surface area contributed by atoms with E-state index in [1.165, 1.54) is 11.8 Å². The Labute approximate surface area is 130 Å². The predicted octanol–water partition coefficient (Wildman–Crippen LogP) is 2.91. The molecule has 108 valence electrons. The fourth-order valence-electron chi connectivity index (χ4n) is 2.31. The van der Waals surface area contributed by atoms with Gasteiger partial charge in [0.05, 0.1) is 11.7 Å². The monoisotopic (exact) mass is 357 g/mol. The fourth-order valence-corrected chi connectivity index (χ4v) is 3.63. The first-order valence-electron chi connectivity index (χ1n) is 6.45. The number of carbonyl (C=O) groups is 2. The first kappa shape index (κ1) is 15.4. The Kier molecular flexibility index (Phi) is 5.48. The van der Waals surface area contributed by atoms with Gasteiger partial charge in [-0.05, 0) is 37.5 Å². The summed E-state index contributed by atoms with van der Waals surface area (Å²) in [6.45, 7) is 0. The number of benzene rings is 1. The molecule has 1 aliphatic carbocycles. The molecule has 1 aliphatic rings. The minimum absolute atomic E-state index is 0.00621. The van der Waals surface area contributed by atoms with Crippen molar-refractivity contribution >= 4 is 39.6 Å². The topological polar surface area (TPSA) is 66.4 Å². The maximum Gasteiger partial charge on any atom is 0.306 e. The van der Waals surface area contributed by atoms with Gasteiger partial charge in [-0.15, -0.1) is 11.8 Å². The standard InChI is InChI=1S/C14H16BrNO3S/c15-10-2-1-3-12(7-10)20-8-13(17)16-11-5-4-9(6-11)14(18)19/h1-3,7,9,11H,4-6,8H2,(H,16,17)(H,18,19)/t9-,11+/m1/s1. The lowest BCUT2D eigenvalue weighted by molar-refractivity contribution is -0.141. The zero-order valence-electron chi connectivity index (χ0n) is 10.8. The Hall–Kier alpha value is -1.01. The van der Waals surface area contributed by atoms with Gasteiger partial charge in [0, 0.05) is 15.4 Å². The van der Waals surface area contributed by atoms with Crippen LogP contribution in [0.5, 0.6) is 0 Å². The summed E-state index contributed by atoms with van der Waals surface area (Å²) in [5.74, 6) is -0.751. The van der Waals surface area contributed by atoms with Gasteiger partial charge in [-0.3, -0.25) is 9.59 Å².